The number of halogens is 1. The number of hydrogen-bond acceptors (Lipinski definition) is 2. The van der Waals surface area contributed by atoms with Gasteiger partial charge in [0.15, 0.2) is 0 Å². The highest BCUT2D eigenvalue weighted by molar-refractivity contribution is 9.09. The van der Waals surface area contributed by atoms with Crippen molar-refractivity contribution in [1.29, 1.82) is 0 Å². The third-order valence-electron chi connectivity index (χ3n) is 2.94. The molecular formula is C10H16BrNOS. The number of carbonyl (C=O) groups excluding carboxylic acids is 1. The molecule has 2 heterocycles. The van der Waals surface area contributed by atoms with Gasteiger partial charge in [-0.15, -0.1) is 11.8 Å². The Kier molecular flexibility index (Phi) is 3.77. The number of nitrogens with zero attached hydrogens (tertiary/aromatic N) is 1. The molecule has 0 aliphatic carbocycles. The molecule has 2 saturated heterocycles. The van der Waals surface area contributed by atoms with E-state index in [4.69, 9.17) is 0 Å². The van der Waals surface area contributed by atoms with Gasteiger partial charge in [-0.3, -0.25) is 4.79 Å². The van der Waals surface area contributed by atoms with Crippen LogP contribution in [-0.4, -0.2) is 40.2 Å². The number of hydrogen-bond donors (Lipinski definition) is 0. The minimum atomic E-state index is 0.278. The van der Waals surface area contributed by atoms with Gasteiger partial charge in [-0.1, -0.05) is 22.4 Å². The van der Waals surface area contributed by atoms with E-state index in [2.05, 4.69) is 15.9 Å². The summed E-state index contributed by atoms with van der Waals surface area (Å²) in [6.45, 7) is 1.95. The largest absolute Gasteiger partial charge is 0.341 e. The Morgan fingerprint density at radius 1 is 1.43 bits per heavy atom. The number of alkyl halides is 1. The Morgan fingerprint density at radius 2 is 2.21 bits per heavy atom. The van der Waals surface area contributed by atoms with E-state index >= 15 is 0 Å². The maximum atomic E-state index is 11.9. The lowest BCUT2D eigenvalue weighted by molar-refractivity contribution is -0.136. The van der Waals surface area contributed by atoms with Crippen LogP contribution >= 0.6 is 27.7 Å². The first-order valence-electron chi connectivity index (χ1n) is 5.27. The summed E-state index contributed by atoms with van der Waals surface area (Å²) >= 11 is 5.31. The van der Waals surface area contributed by atoms with Crippen LogP contribution in [0.25, 0.3) is 0 Å². The van der Waals surface area contributed by atoms with Crippen molar-refractivity contribution >= 4 is 33.6 Å². The second-order valence-corrected chi connectivity index (χ2v) is 6.08. The fourth-order valence-electron chi connectivity index (χ4n) is 1.99. The summed E-state index contributed by atoms with van der Waals surface area (Å²) < 4.78 is 0. The summed E-state index contributed by atoms with van der Waals surface area (Å²) in [4.78, 5) is 14.0. The predicted octanol–water partition coefficient (Wildman–Crippen LogP) is 2.13. The molecule has 0 radical (unpaired) electrons. The standard InChI is InChI=1S/C10H16BrNOS/c11-5-8-6-12(7-8)10(13)9-3-1-2-4-14-9/h8-9H,1-7H2. The maximum absolute atomic E-state index is 11.9. The molecule has 2 aliphatic heterocycles. The molecule has 1 atom stereocenters. The van der Waals surface area contributed by atoms with Gasteiger partial charge in [0.25, 0.3) is 0 Å². The number of thioether (sulfide) groups is 1. The molecule has 0 saturated carbocycles. The van der Waals surface area contributed by atoms with Crippen molar-refractivity contribution in [3.63, 3.8) is 0 Å². The summed E-state index contributed by atoms with van der Waals surface area (Å²) in [5, 5.41) is 1.31. The van der Waals surface area contributed by atoms with E-state index in [1.54, 1.807) is 0 Å². The van der Waals surface area contributed by atoms with E-state index in [-0.39, 0.29) is 5.25 Å². The molecule has 0 aromatic heterocycles. The first-order chi connectivity index (χ1) is 6.81. The zero-order chi connectivity index (χ0) is 9.97. The highest BCUT2D eigenvalue weighted by atomic mass is 79.9. The number of rotatable bonds is 2. The molecule has 0 aromatic carbocycles. The number of likely N-dealkylation sites (tertiary alicyclic amines) is 1. The van der Waals surface area contributed by atoms with Crippen LogP contribution in [0.4, 0.5) is 0 Å². The zero-order valence-electron chi connectivity index (χ0n) is 8.25. The molecule has 1 amide bonds. The fraction of sp³-hybridized carbons (Fsp3) is 0.900. The van der Waals surface area contributed by atoms with Crippen LogP contribution < -0.4 is 0 Å². The summed E-state index contributed by atoms with van der Waals surface area (Å²) in [7, 11) is 0. The molecule has 0 spiro atoms. The van der Waals surface area contributed by atoms with Crippen LogP contribution in [0.15, 0.2) is 0 Å². The summed E-state index contributed by atoms with van der Waals surface area (Å²) in [6.07, 6.45) is 3.62. The Morgan fingerprint density at radius 3 is 2.79 bits per heavy atom. The molecule has 2 nitrogen and oxygen atoms in total. The minimum Gasteiger partial charge on any atom is -0.341 e. The van der Waals surface area contributed by atoms with Crippen molar-refractivity contribution in [1.82, 2.24) is 4.90 Å². The Bertz CT molecular complexity index is 212. The zero-order valence-corrected chi connectivity index (χ0v) is 10.6. The Balaban J connectivity index is 1.78. The van der Waals surface area contributed by atoms with Crippen molar-refractivity contribution in [2.75, 3.05) is 24.2 Å². The van der Waals surface area contributed by atoms with Gasteiger partial charge < -0.3 is 4.90 Å². The first kappa shape index (κ1) is 10.8. The predicted molar refractivity (Wildman–Crippen MR) is 64.0 cm³/mol. The molecule has 14 heavy (non-hydrogen) atoms. The lowest BCUT2D eigenvalue weighted by Gasteiger charge is -2.40. The molecule has 80 valence electrons. The molecule has 0 aromatic rings. The average molecular weight is 278 g/mol. The van der Waals surface area contributed by atoms with Crippen LogP contribution in [0.1, 0.15) is 19.3 Å². The molecule has 2 aliphatic rings. The maximum Gasteiger partial charge on any atom is 0.235 e. The first-order valence-corrected chi connectivity index (χ1v) is 7.44. The van der Waals surface area contributed by atoms with Gasteiger partial charge in [0, 0.05) is 24.3 Å². The number of carbonyl (C=O) groups is 1. The SMILES string of the molecule is O=C(C1CCCCS1)N1CC(CBr)C1. The van der Waals surface area contributed by atoms with E-state index in [1.165, 1.54) is 18.6 Å². The van der Waals surface area contributed by atoms with Gasteiger partial charge >= 0.3 is 0 Å². The highest BCUT2D eigenvalue weighted by Gasteiger charge is 2.34. The van der Waals surface area contributed by atoms with Gasteiger partial charge in [0.1, 0.15) is 0 Å². The van der Waals surface area contributed by atoms with E-state index in [0.29, 0.717) is 11.8 Å². The van der Waals surface area contributed by atoms with Crippen molar-refractivity contribution in [2.45, 2.75) is 24.5 Å². The minimum absolute atomic E-state index is 0.278. The third-order valence-corrected chi connectivity index (χ3v) is 5.22. The molecule has 4 heteroatoms. The molecule has 2 fully saturated rings. The van der Waals surface area contributed by atoms with E-state index < -0.39 is 0 Å². The van der Waals surface area contributed by atoms with Gasteiger partial charge in [0.05, 0.1) is 5.25 Å². The fourth-order valence-corrected chi connectivity index (χ4v) is 3.68. The quantitative estimate of drug-likeness (QED) is 0.721. The van der Waals surface area contributed by atoms with Crippen LogP contribution in [0, 0.1) is 5.92 Å². The monoisotopic (exact) mass is 277 g/mol. The van der Waals surface area contributed by atoms with E-state index in [1.807, 2.05) is 16.7 Å². The second kappa shape index (κ2) is 4.88. The summed E-state index contributed by atoms with van der Waals surface area (Å²) in [6, 6.07) is 0. The van der Waals surface area contributed by atoms with Crippen molar-refractivity contribution in [3.05, 3.63) is 0 Å². The van der Waals surface area contributed by atoms with Crippen LogP contribution in [0.5, 0.6) is 0 Å². The lowest BCUT2D eigenvalue weighted by atomic mass is 10.0. The van der Waals surface area contributed by atoms with E-state index in [9.17, 15) is 4.79 Å². The Hall–Kier alpha value is 0.300. The van der Waals surface area contributed by atoms with Crippen molar-refractivity contribution in [2.24, 2.45) is 5.92 Å². The summed E-state index contributed by atoms with van der Waals surface area (Å²) in [5.41, 5.74) is 0. The molecule has 0 bridgehead atoms. The number of amides is 1. The average Bonchev–Trinajstić information content (AvgIpc) is 2.17. The topological polar surface area (TPSA) is 20.3 Å². The molecule has 2 rings (SSSR count). The highest BCUT2D eigenvalue weighted by Crippen LogP contribution is 2.29. The lowest BCUT2D eigenvalue weighted by Crippen LogP contribution is -2.53. The Labute approximate surface area is 97.9 Å². The van der Waals surface area contributed by atoms with Crippen molar-refractivity contribution in [3.8, 4) is 0 Å². The normalized spacial score (nSPS) is 28.6. The summed E-state index contributed by atoms with van der Waals surface area (Å²) in [5.74, 6) is 2.27. The molecule has 1 unspecified atom stereocenters. The van der Waals surface area contributed by atoms with Crippen LogP contribution in [0.3, 0.4) is 0 Å². The van der Waals surface area contributed by atoms with E-state index in [0.717, 1.165) is 24.8 Å². The molecule has 0 N–H and O–H groups in total. The van der Waals surface area contributed by atoms with Gasteiger partial charge in [-0.2, -0.15) is 0 Å². The third kappa shape index (κ3) is 2.27. The van der Waals surface area contributed by atoms with Crippen LogP contribution in [0.2, 0.25) is 0 Å². The second-order valence-electron chi connectivity index (χ2n) is 4.12. The van der Waals surface area contributed by atoms with Gasteiger partial charge in [-0.05, 0) is 18.6 Å². The van der Waals surface area contributed by atoms with Gasteiger partial charge in [-0.25, -0.2) is 0 Å². The van der Waals surface area contributed by atoms with Gasteiger partial charge in [0.2, 0.25) is 5.91 Å². The van der Waals surface area contributed by atoms with Crippen LogP contribution in [-0.2, 0) is 4.79 Å². The molecular weight excluding hydrogens is 262 g/mol. The van der Waals surface area contributed by atoms with Crippen molar-refractivity contribution < 1.29 is 4.79 Å². The smallest absolute Gasteiger partial charge is 0.235 e.